The highest BCUT2D eigenvalue weighted by atomic mass is 16.5. The van der Waals surface area contributed by atoms with E-state index in [4.69, 9.17) is 18.9 Å². The average molecular weight is 325 g/mol. The van der Waals surface area contributed by atoms with Crippen molar-refractivity contribution >= 4 is 11.9 Å². The Hall–Kier alpha value is -2.44. The Morgan fingerprint density at radius 1 is 1.00 bits per heavy atom. The molecular weight excluding hydrogens is 302 g/mol. The van der Waals surface area contributed by atoms with E-state index >= 15 is 0 Å². The molecule has 1 aromatic rings. The van der Waals surface area contributed by atoms with Crippen LogP contribution >= 0.6 is 0 Å². The van der Waals surface area contributed by atoms with Gasteiger partial charge in [0.15, 0.2) is 18.1 Å². The molecule has 0 atom stereocenters. The molecule has 0 fully saturated rings. The molecule has 0 saturated carbocycles. The fraction of sp³-hybridized carbons (Fsp3) is 0.500. The van der Waals surface area contributed by atoms with Crippen LogP contribution in [-0.2, 0) is 9.53 Å². The summed E-state index contributed by atoms with van der Waals surface area (Å²) in [5, 5.41) is 2.70. The lowest BCUT2D eigenvalue weighted by Gasteiger charge is -2.20. The Labute approximate surface area is 135 Å². The number of hydrogen-bond donors (Lipinski definition) is 1. The predicted octanol–water partition coefficient (Wildman–Crippen LogP) is 1.78. The van der Waals surface area contributed by atoms with Crippen molar-refractivity contribution in [2.75, 3.05) is 27.9 Å². The normalized spacial score (nSPS) is 10.7. The number of carbonyl (C=O) groups is 2. The van der Waals surface area contributed by atoms with Gasteiger partial charge in [-0.2, -0.15) is 0 Å². The van der Waals surface area contributed by atoms with Gasteiger partial charge in [-0.05, 0) is 32.9 Å². The van der Waals surface area contributed by atoms with Gasteiger partial charge in [-0.1, -0.05) is 0 Å². The van der Waals surface area contributed by atoms with Gasteiger partial charge in [-0.25, -0.2) is 4.79 Å². The van der Waals surface area contributed by atoms with Crippen molar-refractivity contribution in [2.45, 2.75) is 26.3 Å². The number of esters is 1. The standard InChI is InChI=1S/C16H23NO6/c1-16(2,3)17-12(18)9-23-15(19)10-7-8-11(20-4)14(22-6)13(10)21-5/h7-8H,9H2,1-6H3,(H,17,18). The molecule has 0 bridgehead atoms. The summed E-state index contributed by atoms with van der Waals surface area (Å²) >= 11 is 0. The van der Waals surface area contributed by atoms with Gasteiger partial charge >= 0.3 is 5.97 Å². The fourth-order valence-electron chi connectivity index (χ4n) is 1.93. The maximum absolute atomic E-state index is 12.2. The number of rotatable bonds is 6. The SMILES string of the molecule is COc1ccc(C(=O)OCC(=O)NC(C)(C)C)c(OC)c1OC. The third-order valence-corrected chi connectivity index (χ3v) is 2.77. The summed E-state index contributed by atoms with van der Waals surface area (Å²) < 4.78 is 20.6. The molecule has 1 aromatic carbocycles. The first-order valence-electron chi connectivity index (χ1n) is 7.00. The molecule has 0 aromatic heterocycles. The lowest BCUT2D eigenvalue weighted by molar-refractivity contribution is -0.125. The number of methoxy groups -OCH3 is 3. The van der Waals surface area contributed by atoms with Crippen LogP contribution in [0.3, 0.4) is 0 Å². The minimum absolute atomic E-state index is 0.147. The van der Waals surface area contributed by atoms with Crippen molar-refractivity contribution < 1.29 is 28.5 Å². The minimum atomic E-state index is -0.688. The Morgan fingerprint density at radius 3 is 2.09 bits per heavy atom. The Kier molecular flexibility index (Phi) is 6.24. The Morgan fingerprint density at radius 2 is 1.61 bits per heavy atom. The molecule has 0 unspecified atom stereocenters. The van der Waals surface area contributed by atoms with Gasteiger partial charge < -0.3 is 24.3 Å². The molecule has 23 heavy (non-hydrogen) atoms. The van der Waals surface area contributed by atoms with Crippen molar-refractivity contribution in [3.63, 3.8) is 0 Å². The Bertz CT molecular complexity index is 577. The fourth-order valence-corrected chi connectivity index (χ4v) is 1.93. The van der Waals surface area contributed by atoms with E-state index in [1.165, 1.54) is 27.4 Å². The molecule has 1 rings (SSSR count). The van der Waals surface area contributed by atoms with Crippen molar-refractivity contribution in [1.82, 2.24) is 5.32 Å². The van der Waals surface area contributed by atoms with E-state index in [-0.39, 0.29) is 29.6 Å². The molecule has 0 spiro atoms. The molecule has 0 heterocycles. The van der Waals surface area contributed by atoms with Crippen LogP contribution in [0.2, 0.25) is 0 Å². The summed E-state index contributed by atoms with van der Waals surface area (Å²) in [6.45, 7) is 5.13. The number of carbonyl (C=O) groups excluding carboxylic acids is 2. The largest absolute Gasteiger partial charge is 0.493 e. The van der Waals surface area contributed by atoms with Gasteiger partial charge in [0.2, 0.25) is 5.75 Å². The second-order valence-electron chi connectivity index (χ2n) is 5.76. The van der Waals surface area contributed by atoms with Crippen LogP contribution in [0.25, 0.3) is 0 Å². The van der Waals surface area contributed by atoms with Crippen LogP contribution in [0.1, 0.15) is 31.1 Å². The summed E-state index contributed by atoms with van der Waals surface area (Å²) in [4.78, 5) is 23.9. The summed E-state index contributed by atoms with van der Waals surface area (Å²) in [5.74, 6) is -0.180. The smallest absolute Gasteiger partial charge is 0.342 e. The van der Waals surface area contributed by atoms with Crippen molar-refractivity contribution in [3.05, 3.63) is 17.7 Å². The van der Waals surface area contributed by atoms with Crippen LogP contribution in [-0.4, -0.2) is 45.4 Å². The van der Waals surface area contributed by atoms with E-state index in [0.717, 1.165) is 0 Å². The average Bonchev–Trinajstić information content (AvgIpc) is 2.49. The lowest BCUT2D eigenvalue weighted by Crippen LogP contribution is -2.42. The van der Waals surface area contributed by atoms with Crippen molar-refractivity contribution in [1.29, 1.82) is 0 Å². The van der Waals surface area contributed by atoms with E-state index in [2.05, 4.69) is 5.32 Å². The van der Waals surface area contributed by atoms with Gasteiger partial charge in [0, 0.05) is 5.54 Å². The van der Waals surface area contributed by atoms with E-state index in [1.54, 1.807) is 6.07 Å². The molecule has 0 aliphatic rings. The molecule has 7 heteroatoms. The molecule has 128 valence electrons. The highest BCUT2D eigenvalue weighted by molar-refractivity contribution is 5.95. The van der Waals surface area contributed by atoms with Gasteiger partial charge in [0.25, 0.3) is 5.91 Å². The third-order valence-electron chi connectivity index (χ3n) is 2.77. The summed E-state index contributed by atoms with van der Waals surface area (Å²) in [5.41, 5.74) is -0.251. The molecule has 7 nitrogen and oxygen atoms in total. The number of hydrogen-bond acceptors (Lipinski definition) is 6. The lowest BCUT2D eigenvalue weighted by atomic mass is 10.1. The van der Waals surface area contributed by atoms with Crippen LogP contribution < -0.4 is 19.5 Å². The molecular formula is C16H23NO6. The van der Waals surface area contributed by atoms with Gasteiger partial charge in [0.1, 0.15) is 5.56 Å². The molecule has 0 aliphatic heterocycles. The number of nitrogens with one attached hydrogen (secondary N) is 1. The maximum atomic E-state index is 12.2. The topological polar surface area (TPSA) is 83.1 Å². The van der Waals surface area contributed by atoms with Crippen molar-refractivity contribution in [2.24, 2.45) is 0 Å². The third kappa shape index (κ3) is 5.05. The van der Waals surface area contributed by atoms with Crippen LogP contribution in [0.15, 0.2) is 12.1 Å². The van der Waals surface area contributed by atoms with E-state index in [0.29, 0.717) is 5.75 Å². The van der Waals surface area contributed by atoms with Crippen LogP contribution in [0.5, 0.6) is 17.2 Å². The molecule has 0 radical (unpaired) electrons. The monoisotopic (exact) mass is 325 g/mol. The second kappa shape index (κ2) is 7.71. The summed E-state index contributed by atoms with van der Waals surface area (Å²) in [7, 11) is 4.32. The van der Waals surface area contributed by atoms with Crippen LogP contribution in [0, 0.1) is 0 Å². The quantitative estimate of drug-likeness (QED) is 0.803. The van der Waals surface area contributed by atoms with Gasteiger partial charge in [0.05, 0.1) is 21.3 Å². The van der Waals surface area contributed by atoms with E-state index in [9.17, 15) is 9.59 Å². The van der Waals surface area contributed by atoms with E-state index < -0.39 is 11.5 Å². The summed E-state index contributed by atoms with van der Waals surface area (Å²) in [6, 6.07) is 3.05. The van der Waals surface area contributed by atoms with Crippen molar-refractivity contribution in [3.8, 4) is 17.2 Å². The molecule has 0 saturated heterocycles. The first-order valence-corrected chi connectivity index (χ1v) is 7.00. The second-order valence-corrected chi connectivity index (χ2v) is 5.76. The highest BCUT2D eigenvalue weighted by Crippen LogP contribution is 2.39. The van der Waals surface area contributed by atoms with Crippen LogP contribution in [0.4, 0.5) is 0 Å². The zero-order chi connectivity index (χ0) is 17.6. The zero-order valence-corrected chi connectivity index (χ0v) is 14.3. The minimum Gasteiger partial charge on any atom is -0.493 e. The summed E-state index contributed by atoms with van der Waals surface area (Å²) in [6.07, 6.45) is 0. The first-order chi connectivity index (χ1) is 10.7. The van der Waals surface area contributed by atoms with Gasteiger partial charge in [-0.15, -0.1) is 0 Å². The zero-order valence-electron chi connectivity index (χ0n) is 14.3. The predicted molar refractivity (Wildman–Crippen MR) is 84.3 cm³/mol. The number of ether oxygens (including phenoxy) is 4. The number of amides is 1. The Balaban J connectivity index is 2.90. The van der Waals surface area contributed by atoms with Gasteiger partial charge in [-0.3, -0.25) is 4.79 Å². The molecule has 0 aliphatic carbocycles. The molecule has 1 amide bonds. The molecule has 1 N–H and O–H groups in total. The first kappa shape index (κ1) is 18.6. The maximum Gasteiger partial charge on any atom is 0.342 e. The number of benzene rings is 1. The van der Waals surface area contributed by atoms with E-state index in [1.807, 2.05) is 20.8 Å². The highest BCUT2D eigenvalue weighted by Gasteiger charge is 2.23.